The number of hydrazone groups is 1. The second kappa shape index (κ2) is 8.42. The van der Waals surface area contributed by atoms with Crippen LogP contribution in [0.25, 0.3) is 0 Å². The van der Waals surface area contributed by atoms with Crippen molar-refractivity contribution in [2.75, 3.05) is 26.5 Å². The minimum Gasteiger partial charge on any atom is -0.382 e. The van der Waals surface area contributed by atoms with Gasteiger partial charge < -0.3 is 4.74 Å². The standard InChI is InChI=1S/C17H27N2OS/c1-5-16(21-4)17(15-10-6-8-13(15)2)18-19-11-7-9-14(19)12-20-3/h6,8,10,14,16H,5,7,9,11-12H2,1-4H3/b18-17+/t14-,16+/m0/s1. The molecule has 3 nitrogen and oxygen atoms in total. The van der Waals surface area contributed by atoms with Crippen LogP contribution < -0.4 is 0 Å². The molecular weight excluding hydrogens is 280 g/mol. The number of methoxy groups -OCH3 is 1. The van der Waals surface area contributed by atoms with E-state index in [0.29, 0.717) is 11.3 Å². The lowest BCUT2D eigenvalue weighted by atomic mass is 9.90. The maximum Gasteiger partial charge on any atom is 0.0704 e. The minimum absolute atomic E-state index is 0.430. The molecule has 0 aromatic heterocycles. The van der Waals surface area contributed by atoms with Crippen molar-refractivity contribution in [1.82, 2.24) is 5.01 Å². The highest BCUT2D eigenvalue weighted by molar-refractivity contribution is 8.00. The van der Waals surface area contributed by atoms with Crippen LogP contribution in [0.1, 0.15) is 33.1 Å². The van der Waals surface area contributed by atoms with E-state index in [2.05, 4.69) is 44.4 Å². The zero-order valence-corrected chi connectivity index (χ0v) is 14.4. The van der Waals surface area contributed by atoms with Crippen LogP contribution in [-0.4, -0.2) is 48.5 Å². The van der Waals surface area contributed by atoms with Crippen molar-refractivity contribution in [2.45, 2.75) is 44.4 Å². The average molecular weight is 307 g/mol. The van der Waals surface area contributed by atoms with E-state index in [1.807, 2.05) is 11.8 Å². The highest BCUT2D eigenvalue weighted by atomic mass is 32.2. The van der Waals surface area contributed by atoms with Gasteiger partial charge in [0, 0.05) is 24.8 Å². The SMILES string of the molecule is CC[C@@H](SC)/C(=N/N1CCC[C@H]1COC)[C]1[CH][CH][CH][C]1C. The molecular formula is C17H27N2OS. The van der Waals surface area contributed by atoms with Crippen molar-refractivity contribution in [1.29, 1.82) is 0 Å². The Bertz CT molecular complexity index is 344. The van der Waals surface area contributed by atoms with Gasteiger partial charge in [0.15, 0.2) is 0 Å². The molecule has 0 unspecified atom stereocenters. The Morgan fingerprint density at radius 3 is 2.90 bits per heavy atom. The molecule has 2 aliphatic rings. The van der Waals surface area contributed by atoms with E-state index in [4.69, 9.17) is 9.84 Å². The molecule has 1 aliphatic carbocycles. The normalized spacial score (nSPS) is 26.8. The van der Waals surface area contributed by atoms with Crippen molar-refractivity contribution in [3.05, 3.63) is 31.1 Å². The van der Waals surface area contributed by atoms with Gasteiger partial charge in [-0.05, 0) is 50.7 Å². The summed E-state index contributed by atoms with van der Waals surface area (Å²) < 4.78 is 5.35. The molecule has 21 heavy (non-hydrogen) atoms. The van der Waals surface area contributed by atoms with E-state index in [9.17, 15) is 0 Å². The zero-order chi connectivity index (χ0) is 15.2. The lowest BCUT2D eigenvalue weighted by Gasteiger charge is -2.28. The second-order valence-electron chi connectivity index (χ2n) is 5.65. The van der Waals surface area contributed by atoms with Gasteiger partial charge in [-0.1, -0.05) is 13.8 Å². The summed E-state index contributed by atoms with van der Waals surface area (Å²) in [5.74, 6) is 2.63. The van der Waals surface area contributed by atoms with Crippen molar-refractivity contribution in [3.8, 4) is 0 Å². The first kappa shape index (κ1) is 17.1. The summed E-state index contributed by atoms with van der Waals surface area (Å²) in [7, 11) is 1.78. The molecule has 0 spiro atoms. The van der Waals surface area contributed by atoms with Crippen LogP contribution in [0.5, 0.6) is 0 Å². The average Bonchev–Trinajstić information content (AvgIpc) is 3.09. The van der Waals surface area contributed by atoms with Gasteiger partial charge in [0.05, 0.1) is 18.4 Å². The largest absolute Gasteiger partial charge is 0.382 e. The predicted octanol–water partition coefficient (Wildman–Crippen LogP) is 3.39. The molecule has 1 saturated carbocycles. The highest BCUT2D eigenvalue weighted by Gasteiger charge is 2.35. The van der Waals surface area contributed by atoms with E-state index in [1.165, 1.54) is 30.4 Å². The first-order valence-electron chi connectivity index (χ1n) is 7.80. The molecule has 2 fully saturated rings. The Morgan fingerprint density at radius 1 is 1.52 bits per heavy atom. The molecule has 2 rings (SSSR count). The fourth-order valence-corrected chi connectivity index (χ4v) is 3.74. The van der Waals surface area contributed by atoms with Crippen LogP contribution in [0.4, 0.5) is 0 Å². The van der Waals surface area contributed by atoms with E-state index < -0.39 is 0 Å². The third-order valence-corrected chi connectivity index (χ3v) is 5.34. The van der Waals surface area contributed by atoms with E-state index >= 15 is 0 Å². The number of ether oxygens (including phenoxy) is 1. The van der Waals surface area contributed by atoms with Crippen LogP contribution in [0.3, 0.4) is 0 Å². The number of thioether (sulfide) groups is 1. The maximum atomic E-state index is 5.35. The first-order valence-corrected chi connectivity index (χ1v) is 9.09. The molecule has 5 radical (unpaired) electrons. The first-order chi connectivity index (χ1) is 10.2. The summed E-state index contributed by atoms with van der Waals surface area (Å²) in [5.41, 5.74) is 1.23. The quantitative estimate of drug-likeness (QED) is 0.674. The molecule has 0 N–H and O–H groups in total. The summed E-state index contributed by atoms with van der Waals surface area (Å²) in [5, 5.41) is 7.78. The summed E-state index contributed by atoms with van der Waals surface area (Å²) in [6.07, 6.45) is 12.2. The zero-order valence-electron chi connectivity index (χ0n) is 13.6. The minimum atomic E-state index is 0.430. The Hall–Kier alpha value is -0.220. The van der Waals surface area contributed by atoms with Crippen molar-refractivity contribution >= 4 is 17.5 Å². The van der Waals surface area contributed by atoms with E-state index in [0.717, 1.165) is 19.6 Å². The molecule has 117 valence electrons. The Kier molecular flexibility index (Phi) is 6.87. The molecule has 0 aromatic rings. The van der Waals surface area contributed by atoms with Gasteiger partial charge in [0.2, 0.25) is 0 Å². The van der Waals surface area contributed by atoms with Gasteiger partial charge in [-0.2, -0.15) is 16.9 Å². The van der Waals surface area contributed by atoms with Crippen LogP contribution in [0.15, 0.2) is 5.10 Å². The molecule has 1 heterocycles. The molecule has 0 bridgehead atoms. The summed E-state index contributed by atoms with van der Waals surface area (Å²) in [6.45, 7) is 6.23. The van der Waals surface area contributed by atoms with Crippen molar-refractivity contribution in [3.63, 3.8) is 0 Å². The van der Waals surface area contributed by atoms with Crippen LogP contribution in [-0.2, 0) is 4.74 Å². The summed E-state index contributed by atoms with van der Waals surface area (Å²) >= 11 is 1.89. The Balaban J connectivity index is 2.19. The predicted molar refractivity (Wildman–Crippen MR) is 91.7 cm³/mol. The van der Waals surface area contributed by atoms with Crippen LogP contribution in [0.2, 0.25) is 0 Å². The Morgan fingerprint density at radius 2 is 2.33 bits per heavy atom. The van der Waals surface area contributed by atoms with Crippen molar-refractivity contribution in [2.24, 2.45) is 5.10 Å². The monoisotopic (exact) mass is 307 g/mol. The molecule has 2 atom stereocenters. The third-order valence-electron chi connectivity index (χ3n) is 4.21. The lowest BCUT2D eigenvalue weighted by molar-refractivity contribution is 0.118. The van der Waals surface area contributed by atoms with Gasteiger partial charge >= 0.3 is 0 Å². The Labute approximate surface area is 134 Å². The van der Waals surface area contributed by atoms with Gasteiger partial charge in [-0.25, -0.2) is 0 Å². The number of hydrogen-bond donors (Lipinski definition) is 0. The highest BCUT2D eigenvalue weighted by Crippen LogP contribution is 2.37. The molecule has 0 amide bonds. The third kappa shape index (κ3) is 4.16. The van der Waals surface area contributed by atoms with E-state index in [-0.39, 0.29) is 0 Å². The van der Waals surface area contributed by atoms with Gasteiger partial charge in [0.1, 0.15) is 0 Å². The number of hydrogen-bond acceptors (Lipinski definition) is 4. The fourth-order valence-electron chi connectivity index (χ4n) is 3.01. The molecule has 4 heteroatoms. The molecule has 1 saturated heterocycles. The maximum absolute atomic E-state index is 5.35. The summed E-state index contributed by atoms with van der Waals surface area (Å²) in [4.78, 5) is 0. The molecule has 0 aromatic carbocycles. The van der Waals surface area contributed by atoms with Crippen LogP contribution in [0, 0.1) is 31.1 Å². The van der Waals surface area contributed by atoms with E-state index in [1.54, 1.807) is 7.11 Å². The lowest BCUT2D eigenvalue weighted by Crippen LogP contribution is -2.34. The van der Waals surface area contributed by atoms with Gasteiger partial charge in [-0.15, -0.1) is 0 Å². The van der Waals surface area contributed by atoms with Gasteiger partial charge in [0.25, 0.3) is 0 Å². The second-order valence-corrected chi connectivity index (χ2v) is 6.70. The topological polar surface area (TPSA) is 24.8 Å². The van der Waals surface area contributed by atoms with Crippen LogP contribution >= 0.6 is 11.8 Å². The van der Waals surface area contributed by atoms with Crippen molar-refractivity contribution < 1.29 is 4.74 Å². The number of rotatable bonds is 7. The smallest absolute Gasteiger partial charge is 0.0704 e. The summed E-state index contributed by atoms with van der Waals surface area (Å²) in [6, 6.07) is 0.430. The fraction of sp³-hybridized carbons (Fsp3) is 0.647. The molecule has 1 aliphatic heterocycles. The van der Waals surface area contributed by atoms with Gasteiger partial charge in [-0.3, -0.25) is 5.01 Å². The number of nitrogens with zero attached hydrogens (tertiary/aromatic N) is 2.